The highest BCUT2D eigenvalue weighted by atomic mass is 16.3. The number of aliphatic hydroxyl groups excluding tert-OH is 1. The second kappa shape index (κ2) is 6.47. The third-order valence-electron chi connectivity index (χ3n) is 5.48. The first kappa shape index (κ1) is 15.0. The Kier molecular flexibility index (Phi) is 4.63. The molecule has 0 amide bonds. The quantitative estimate of drug-likeness (QED) is 0.872. The molecule has 1 aliphatic carbocycles. The van der Waals surface area contributed by atoms with Crippen molar-refractivity contribution in [1.29, 1.82) is 0 Å². The molecule has 1 heterocycles. The Hall–Kier alpha value is -0.900. The molecule has 0 aromatic heterocycles. The Labute approximate surface area is 128 Å². The molecule has 1 aliphatic heterocycles. The van der Waals surface area contributed by atoms with Gasteiger partial charge in [-0.3, -0.25) is 0 Å². The zero-order chi connectivity index (χ0) is 14.8. The first-order valence-electron chi connectivity index (χ1n) is 8.31. The van der Waals surface area contributed by atoms with Gasteiger partial charge in [0.2, 0.25) is 0 Å². The zero-order valence-corrected chi connectivity index (χ0v) is 13.2. The number of likely N-dealkylation sites (tertiary alicyclic amines) is 1. The SMILES string of the molecule is CNC(c1ccccc1)C(C)CN1CC2CCC(O)C2C1. The molecule has 2 fully saturated rings. The van der Waals surface area contributed by atoms with Crippen molar-refractivity contribution in [3.63, 3.8) is 0 Å². The third kappa shape index (κ3) is 3.15. The highest BCUT2D eigenvalue weighted by Gasteiger charge is 2.42. The molecule has 5 unspecified atom stereocenters. The Bertz CT molecular complexity index is 450. The summed E-state index contributed by atoms with van der Waals surface area (Å²) in [6, 6.07) is 11.1. The maximum Gasteiger partial charge on any atom is 0.0583 e. The van der Waals surface area contributed by atoms with Crippen molar-refractivity contribution in [3.8, 4) is 0 Å². The second-order valence-corrected chi connectivity index (χ2v) is 6.94. The Morgan fingerprint density at radius 3 is 2.67 bits per heavy atom. The van der Waals surface area contributed by atoms with E-state index in [1.54, 1.807) is 0 Å². The van der Waals surface area contributed by atoms with E-state index in [4.69, 9.17) is 0 Å². The third-order valence-corrected chi connectivity index (χ3v) is 5.48. The Balaban J connectivity index is 1.60. The molecule has 1 saturated carbocycles. The van der Waals surface area contributed by atoms with Crippen LogP contribution in [0, 0.1) is 17.8 Å². The molecule has 3 heteroatoms. The van der Waals surface area contributed by atoms with E-state index in [1.807, 2.05) is 0 Å². The summed E-state index contributed by atoms with van der Waals surface area (Å²) in [5.41, 5.74) is 1.37. The molecule has 1 aromatic rings. The van der Waals surface area contributed by atoms with Crippen LogP contribution in [0.25, 0.3) is 0 Å². The lowest BCUT2D eigenvalue weighted by Crippen LogP contribution is -2.34. The standard InChI is InChI=1S/C18H28N2O/c1-13(18(19-2)14-6-4-3-5-7-14)10-20-11-15-8-9-17(21)16(15)12-20/h3-7,13,15-19,21H,8-12H2,1-2H3. The molecular formula is C18H28N2O. The van der Waals surface area contributed by atoms with Gasteiger partial charge in [-0.15, -0.1) is 0 Å². The minimum atomic E-state index is -0.0514. The lowest BCUT2D eigenvalue weighted by molar-refractivity contribution is 0.121. The van der Waals surface area contributed by atoms with Crippen molar-refractivity contribution >= 4 is 0 Å². The van der Waals surface area contributed by atoms with Crippen molar-refractivity contribution in [2.45, 2.75) is 31.9 Å². The smallest absolute Gasteiger partial charge is 0.0583 e. The number of hydrogen-bond donors (Lipinski definition) is 2. The van der Waals surface area contributed by atoms with Gasteiger partial charge in [-0.1, -0.05) is 37.3 Å². The summed E-state index contributed by atoms with van der Waals surface area (Å²) >= 11 is 0. The molecule has 0 radical (unpaired) electrons. The van der Waals surface area contributed by atoms with Gasteiger partial charge in [0, 0.05) is 31.6 Å². The molecule has 21 heavy (non-hydrogen) atoms. The average Bonchev–Trinajstić information content (AvgIpc) is 3.03. The maximum atomic E-state index is 10.0. The van der Waals surface area contributed by atoms with Gasteiger partial charge in [-0.25, -0.2) is 0 Å². The van der Waals surface area contributed by atoms with Crippen LogP contribution in [0.3, 0.4) is 0 Å². The first-order valence-corrected chi connectivity index (χ1v) is 8.31. The lowest BCUT2D eigenvalue weighted by Gasteiger charge is -2.29. The van der Waals surface area contributed by atoms with Crippen LogP contribution in [0.1, 0.15) is 31.4 Å². The van der Waals surface area contributed by atoms with Gasteiger partial charge in [0.05, 0.1) is 6.10 Å². The summed E-state index contributed by atoms with van der Waals surface area (Å²) in [4.78, 5) is 2.57. The van der Waals surface area contributed by atoms with Crippen molar-refractivity contribution in [3.05, 3.63) is 35.9 Å². The number of benzene rings is 1. The number of aliphatic hydroxyl groups is 1. The normalized spacial score (nSPS) is 32.0. The van der Waals surface area contributed by atoms with E-state index in [1.165, 1.54) is 18.5 Å². The van der Waals surface area contributed by atoms with Crippen LogP contribution in [0.2, 0.25) is 0 Å². The van der Waals surface area contributed by atoms with E-state index in [2.05, 4.69) is 54.5 Å². The number of hydrogen-bond acceptors (Lipinski definition) is 3. The van der Waals surface area contributed by atoms with E-state index in [0.29, 0.717) is 17.9 Å². The van der Waals surface area contributed by atoms with E-state index in [9.17, 15) is 5.11 Å². The van der Waals surface area contributed by atoms with Crippen molar-refractivity contribution < 1.29 is 5.11 Å². The maximum absolute atomic E-state index is 10.0. The van der Waals surface area contributed by atoms with Crippen LogP contribution < -0.4 is 5.32 Å². The molecular weight excluding hydrogens is 260 g/mol. The molecule has 1 aromatic carbocycles. The van der Waals surface area contributed by atoms with Gasteiger partial charge in [-0.05, 0) is 37.3 Å². The molecule has 5 atom stereocenters. The molecule has 3 nitrogen and oxygen atoms in total. The minimum Gasteiger partial charge on any atom is -0.393 e. The van der Waals surface area contributed by atoms with E-state index >= 15 is 0 Å². The van der Waals surface area contributed by atoms with Gasteiger partial charge in [0.25, 0.3) is 0 Å². The topological polar surface area (TPSA) is 35.5 Å². The molecule has 2 aliphatic rings. The molecule has 0 bridgehead atoms. The summed E-state index contributed by atoms with van der Waals surface area (Å²) in [7, 11) is 2.05. The molecule has 2 N–H and O–H groups in total. The van der Waals surface area contributed by atoms with Crippen molar-refractivity contribution in [1.82, 2.24) is 10.2 Å². The summed E-state index contributed by atoms with van der Waals surface area (Å²) in [5.74, 6) is 1.83. The van der Waals surface area contributed by atoms with Gasteiger partial charge < -0.3 is 15.3 Å². The Morgan fingerprint density at radius 2 is 2.00 bits per heavy atom. The molecule has 116 valence electrons. The zero-order valence-electron chi connectivity index (χ0n) is 13.2. The van der Waals surface area contributed by atoms with Gasteiger partial charge in [0.15, 0.2) is 0 Å². The van der Waals surface area contributed by atoms with Crippen LogP contribution in [0.5, 0.6) is 0 Å². The molecule has 3 rings (SSSR count). The second-order valence-electron chi connectivity index (χ2n) is 6.94. The average molecular weight is 288 g/mol. The molecule has 1 saturated heterocycles. The fourth-order valence-electron chi connectivity index (χ4n) is 4.43. The summed E-state index contributed by atoms with van der Waals surface area (Å²) in [5, 5.41) is 13.5. The predicted molar refractivity (Wildman–Crippen MR) is 86.1 cm³/mol. The van der Waals surface area contributed by atoms with Crippen LogP contribution in [-0.4, -0.2) is 42.8 Å². The number of rotatable bonds is 5. The van der Waals surface area contributed by atoms with E-state index < -0.39 is 0 Å². The fraction of sp³-hybridized carbons (Fsp3) is 0.667. The highest BCUT2D eigenvalue weighted by molar-refractivity contribution is 5.19. The largest absolute Gasteiger partial charge is 0.393 e. The van der Waals surface area contributed by atoms with Crippen molar-refractivity contribution in [2.75, 3.05) is 26.7 Å². The first-order chi connectivity index (χ1) is 10.2. The fourth-order valence-corrected chi connectivity index (χ4v) is 4.43. The number of nitrogens with zero attached hydrogens (tertiary/aromatic N) is 1. The highest BCUT2D eigenvalue weighted by Crippen LogP contribution is 2.38. The van der Waals surface area contributed by atoms with Gasteiger partial charge in [0.1, 0.15) is 0 Å². The Morgan fingerprint density at radius 1 is 1.24 bits per heavy atom. The van der Waals surface area contributed by atoms with Crippen LogP contribution in [0.15, 0.2) is 30.3 Å². The lowest BCUT2D eigenvalue weighted by atomic mass is 9.94. The predicted octanol–water partition coefficient (Wildman–Crippen LogP) is 2.29. The molecule has 0 spiro atoms. The van der Waals surface area contributed by atoms with E-state index in [0.717, 1.165) is 25.4 Å². The minimum absolute atomic E-state index is 0.0514. The van der Waals surface area contributed by atoms with Crippen LogP contribution in [0.4, 0.5) is 0 Å². The number of nitrogens with one attached hydrogen (secondary N) is 1. The summed E-state index contributed by atoms with van der Waals surface area (Å²) in [6.07, 6.45) is 2.18. The van der Waals surface area contributed by atoms with Crippen LogP contribution >= 0.6 is 0 Å². The number of fused-ring (bicyclic) bond motifs is 1. The monoisotopic (exact) mass is 288 g/mol. The van der Waals surface area contributed by atoms with Gasteiger partial charge >= 0.3 is 0 Å². The summed E-state index contributed by atoms with van der Waals surface area (Å²) < 4.78 is 0. The van der Waals surface area contributed by atoms with Gasteiger partial charge in [-0.2, -0.15) is 0 Å². The summed E-state index contributed by atoms with van der Waals surface area (Å²) in [6.45, 7) is 5.71. The van der Waals surface area contributed by atoms with Crippen LogP contribution in [-0.2, 0) is 0 Å². The van der Waals surface area contributed by atoms with Crippen molar-refractivity contribution in [2.24, 2.45) is 17.8 Å². The van der Waals surface area contributed by atoms with E-state index in [-0.39, 0.29) is 6.10 Å².